The Morgan fingerprint density at radius 3 is 2.44 bits per heavy atom. The van der Waals surface area contributed by atoms with Crippen LogP contribution in [0.5, 0.6) is 0 Å². The van der Waals surface area contributed by atoms with E-state index in [-0.39, 0.29) is 37.1 Å². The van der Waals surface area contributed by atoms with Gasteiger partial charge in [0.25, 0.3) is 0 Å². The van der Waals surface area contributed by atoms with Gasteiger partial charge in [-0.15, -0.1) is 29.1 Å². The topological polar surface area (TPSA) is 50.2 Å². The second kappa shape index (κ2) is 8.97. The smallest absolute Gasteiger partial charge is 0.155 e. The summed E-state index contributed by atoms with van der Waals surface area (Å²) < 4.78 is 0. The molecule has 0 spiro atoms. The van der Waals surface area contributed by atoms with Gasteiger partial charge in [0.15, 0.2) is 5.78 Å². The van der Waals surface area contributed by atoms with E-state index in [1.165, 1.54) is 52.8 Å². The van der Waals surface area contributed by atoms with Crippen molar-refractivity contribution < 1.29 is 30.0 Å². The van der Waals surface area contributed by atoms with Crippen molar-refractivity contribution in [3.8, 4) is 11.3 Å². The zero-order chi connectivity index (χ0) is 22.3. The summed E-state index contributed by atoms with van der Waals surface area (Å²) in [5.41, 5.74) is 7.17. The first-order valence-corrected chi connectivity index (χ1v) is 10.4. The van der Waals surface area contributed by atoms with Gasteiger partial charge in [0, 0.05) is 37.0 Å². The van der Waals surface area contributed by atoms with Gasteiger partial charge >= 0.3 is 0 Å². The second-order valence-corrected chi connectivity index (χ2v) is 8.67. The standard InChI is InChI=1S/C23H18N.C5H8O2.Ir/c1-14-7-4-12-20-17(14)13-19-22(24-20)16-10-5-8-15-9-6-11-18(21(15)16)23(19,2)3;1-4(6)3-5(2)7;/h4-9,11-13H,1-3H3;3,6H,1-2H3;/q-1;;/b;4-3-;. The Bertz CT molecular complexity index is 1360. The van der Waals surface area contributed by atoms with Gasteiger partial charge in [0.1, 0.15) is 0 Å². The first-order valence-electron chi connectivity index (χ1n) is 10.4. The Morgan fingerprint density at radius 1 is 1.06 bits per heavy atom. The maximum atomic E-state index is 10.0. The van der Waals surface area contributed by atoms with Crippen LogP contribution in [0.3, 0.4) is 0 Å². The Labute approximate surface area is 202 Å². The summed E-state index contributed by atoms with van der Waals surface area (Å²) in [7, 11) is 0. The Hall–Kier alpha value is -2.81. The molecule has 3 aromatic carbocycles. The van der Waals surface area contributed by atoms with E-state index in [2.05, 4.69) is 75.4 Å². The van der Waals surface area contributed by atoms with Gasteiger partial charge in [-0.2, -0.15) is 0 Å². The first-order chi connectivity index (χ1) is 14.7. The first kappa shape index (κ1) is 23.8. The zero-order valence-corrected chi connectivity index (χ0v) is 21.3. The minimum absolute atomic E-state index is 0. The van der Waals surface area contributed by atoms with E-state index in [9.17, 15) is 4.79 Å². The van der Waals surface area contributed by atoms with Crippen LogP contribution in [0.2, 0.25) is 0 Å². The molecule has 3 nitrogen and oxygen atoms in total. The van der Waals surface area contributed by atoms with E-state index in [4.69, 9.17) is 10.1 Å². The number of aryl methyl sites for hydroxylation is 1. The number of hydrogen-bond donors (Lipinski definition) is 1. The van der Waals surface area contributed by atoms with Crippen molar-refractivity contribution in [1.29, 1.82) is 0 Å². The molecule has 1 radical (unpaired) electrons. The van der Waals surface area contributed by atoms with Gasteiger partial charge in [0.05, 0.1) is 11.3 Å². The Kier molecular flexibility index (Phi) is 6.69. The number of nitrogens with zero attached hydrogens (tertiary/aromatic N) is 1. The molecule has 4 aromatic rings. The van der Waals surface area contributed by atoms with Crippen molar-refractivity contribution in [3.63, 3.8) is 0 Å². The van der Waals surface area contributed by atoms with Crippen LogP contribution in [-0.4, -0.2) is 15.9 Å². The van der Waals surface area contributed by atoms with Gasteiger partial charge in [-0.3, -0.25) is 9.78 Å². The van der Waals surface area contributed by atoms with Crippen molar-refractivity contribution in [1.82, 2.24) is 4.98 Å². The molecular formula is C28H26IrNO2-. The summed E-state index contributed by atoms with van der Waals surface area (Å²) in [6.45, 7) is 9.62. The molecule has 1 heterocycles. The molecule has 0 saturated heterocycles. The number of rotatable bonds is 1. The molecule has 1 aromatic heterocycles. The van der Waals surface area contributed by atoms with Gasteiger partial charge in [-0.05, 0) is 38.1 Å². The molecule has 0 saturated carbocycles. The number of carbonyl (C=O) groups is 1. The van der Waals surface area contributed by atoms with Crippen LogP contribution in [0.15, 0.2) is 66.4 Å². The maximum absolute atomic E-state index is 10.0. The number of pyridine rings is 1. The van der Waals surface area contributed by atoms with Crippen LogP contribution >= 0.6 is 0 Å². The third-order valence-electron chi connectivity index (χ3n) is 5.91. The van der Waals surface area contributed by atoms with Crippen LogP contribution < -0.4 is 0 Å². The third kappa shape index (κ3) is 4.13. The van der Waals surface area contributed by atoms with Gasteiger partial charge < -0.3 is 5.11 Å². The van der Waals surface area contributed by atoms with Crippen LogP contribution in [0.4, 0.5) is 0 Å². The number of carbonyl (C=O) groups excluding carboxylic acids is 1. The number of benzene rings is 3. The van der Waals surface area contributed by atoms with Crippen molar-refractivity contribution in [2.24, 2.45) is 0 Å². The van der Waals surface area contributed by atoms with Crippen molar-refractivity contribution in [2.45, 2.75) is 40.0 Å². The molecule has 32 heavy (non-hydrogen) atoms. The molecular weight excluding hydrogens is 575 g/mol. The molecule has 1 aliphatic carbocycles. The fraction of sp³-hybridized carbons (Fsp3) is 0.214. The fourth-order valence-electron chi connectivity index (χ4n) is 4.43. The van der Waals surface area contributed by atoms with E-state index in [0.29, 0.717) is 0 Å². The molecule has 0 atom stereocenters. The summed E-state index contributed by atoms with van der Waals surface area (Å²) in [6.07, 6.45) is 1.17. The number of aliphatic hydroxyl groups is 1. The predicted molar refractivity (Wildman–Crippen MR) is 127 cm³/mol. The Morgan fingerprint density at radius 2 is 1.78 bits per heavy atom. The molecule has 1 N–H and O–H groups in total. The maximum Gasteiger partial charge on any atom is 0.155 e. The van der Waals surface area contributed by atoms with Crippen LogP contribution in [0.1, 0.15) is 44.4 Å². The minimum atomic E-state index is -0.125. The second-order valence-electron chi connectivity index (χ2n) is 8.67. The van der Waals surface area contributed by atoms with Gasteiger partial charge in [-0.1, -0.05) is 66.8 Å². The SMILES string of the molecule is CC(=O)/C=C(/C)O.Cc1cccc2nc3c(cc12)C(C)(C)c1cccc2cc[c-]c-3c12.[Ir]. The molecule has 165 valence electrons. The predicted octanol–water partition coefficient (Wildman–Crippen LogP) is 6.84. The number of fused-ring (bicyclic) bond motifs is 3. The summed E-state index contributed by atoms with van der Waals surface area (Å²) in [5.74, 6) is -0.0625. The molecule has 4 heteroatoms. The molecule has 5 rings (SSSR count). The summed E-state index contributed by atoms with van der Waals surface area (Å²) in [4.78, 5) is 15.1. The van der Waals surface area contributed by atoms with Crippen molar-refractivity contribution in [2.75, 3.05) is 0 Å². The largest absolute Gasteiger partial charge is 0.512 e. The molecule has 0 aliphatic heterocycles. The number of allylic oxidation sites excluding steroid dienone is 2. The summed E-state index contributed by atoms with van der Waals surface area (Å²) in [6, 6.07) is 22.9. The number of aromatic nitrogens is 1. The molecule has 0 fully saturated rings. The van der Waals surface area contributed by atoms with E-state index in [1.54, 1.807) is 0 Å². The number of hydrogen-bond acceptors (Lipinski definition) is 3. The minimum Gasteiger partial charge on any atom is -0.512 e. The number of aliphatic hydroxyl groups excluding tert-OH is 1. The van der Waals surface area contributed by atoms with E-state index < -0.39 is 0 Å². The van der Waals surface area contributed by atoms with Gasteiger partial charge in [0.2, 0.25) is 0 Å². The van der Waals surface area contributed by atoms with E-state index in [1.807, 2.05) is 6.07 Å². The van der Waals surface area contributed by atoms with Crippen LogP contribution in [0.25, 0.3) is 32.9 Å². The fourth-order valence-corrected chi connectivity index (χ4v) is 4.43. The summed E-state index contributed by atoms with van der Waals surface area (Å²) >= 11 is 0. The monoisotopic (exact) mass is 601 g/mol. The van der Waals surface area contributed by atoms with Gasteiger partial charge in [-0.25, -0.2) is 0 Å². The quantitative estimate of drug-likeness (QED) is 0.148. The number of ketones is 1. The summed E-state index contributed by atoms with van der Waals surface area (Å²) in [5, 5.41) is 12.2. The zero-order valence-electron chi connectivity index (χ0n) is 18.9. The third-order valence-corrected chi connectivity index (χ3v) is 5.91. The van der Waals surface area contributed by atoms with Crippen LogP contribution in [-0.2, 0) is 30.3 Å². The Balaban J connectivity index is 0.000000318. The normalized spacial score (nSPS) is 13.6. The van der Waals surface area contributed by atoms with Crippen molar-refractivity contribution in [3.05, 3.63) is 89.2 Å². The average molecular weight is 601 g/mol. The van der Waals surface area contributed by atoms with Crippen molar-refractivity contribution >= 4 is 27.5 Å². The average Bonchev–Trinajstić information content (AvgIpc) is 2.71. The molecule has 0 bridgehead atoms. The van der Waals surface area contributed by atoms with Crippen LogP contribution in [0, 0.1) is 13.0 Å². The van der Waals surface area contributed by atoms with E-state index >= 15 is 0 Å². The molecule has 0 unspecified atom stereocenters. The van der Waals surface area contributed by atoms with E-state index in [0.717, 1.165) is 16.8 Å². The molecule has 1 aliphatic rings. The molecule has 0 amide bonds.